The predicted octanol–water partition coefficient (Wildman–Crippen LogP) is 4.31. The first-order valence-corrected chi connectivity index (χ1v) is 8.85. The van der Waals surface area contributed by atoms with Crippen molar-refractivity contribution in [3.8, 4) is 5.75 Å². The van der Waals surface area contributed by atoms with Gasteiger partial charge < -0.3 is 15.4 Å². The SMILES string of the molecule is COc1ccc(CCNc2ccc(NC(=O)c3cccc(C)c3)nc2)cc1. The number of aryl methyl sites for hydroxylation is 1. The molecule has 0 saturated carbocycles. The monoisotopic (exact) mass is 361 g/mol. The summed E-state index contributed by atoms with van der Waals surface area (Å²) in [6.07, 6.45) is 2.62. The molecule has 0 unspecified atom stereocenters. The van der Waals surface area contributed by atoms with Crippen LogP contribution in [0.5, 0.6) is 5.75 Å². The first kappa shape index (κ1) is 18.5. The van der Waals surface area contributed by atoms with Gasteiger partial charge in [0.05, 0.1) is 19.0 Å². The van der Waals surface area contributed by atoms with Crippen LogP contribution in [0.1, 0.15) is 21.5 Å². The van der Waals surface area contributed by atoms with Crippen LogP contribution in [0.3, 0.4) is 0 Å². The minimum absolute atomic E-state index is 0.161. The van der Waals surface area contributed by atoms with E-state index in [1.165, 1.54) is 5.56 Å². The molecule has 3 aromatic rings. The molecule has 3 rings (SSSR count). The van der Waals surface area contributed by atoms with Gasteiger partial charge in [0.2, 0.25) is 0 Å². The second kappa shape index (κ2) is 8.85. The van der Waals surface area contributed by atoms with Gasteiger partial charge in [-0.15, -0.1) is 0 Å². The molecule has 1 amide bonds. The molecular formula is C22H23N3O2. The fraction of sp³-hybridized carbons (Fsp3) is 0.182. The Morgan fingerprint density at radius 3 is 2.56 bits per heavy atom. The number of carbonyl (C=O) groups excluding carboxylic acids is 1. The first-order valence-electron chi connectivity index (χ1n) is 8.85. The van der Waals surface area contributed by atoms with Crippen molar-refractivity contribution in [2.45, 2.75) is 13.3 Å². The Balaban J connectivity index is 1.50. The van der Waals surface area contributed by atoms with Gasteiger partial charge in [-0.25, -0.2) is 4.98 Å². The Labute approximate surface area is 159 Å². The summed E-state index contributed by atoms with van der Waals surface area (Å²) in [6, 6.07) is 19.2. The van der Waals surface area contributed by atoms with E-state index in [4.69, 9.17) is 4.74 Å². The standard InChI is InChI=1S/C22H23N3O2/c1-16-4-3-5-18(14-16)22(26)25-21-11-8-19(15-24-21)23-13-12-17-6-9-20(27-2)10-7-17/h3-11,14-15,23H,12-13H2,1-2H3,(H,24,25,26). The van der Waals surface area contributed by atoms with Gasteiger partial charge in [0.15, 0.2) is 0 Å². The van der Waals surface area contributed by atoms with Gasteiger partial charge >= 0.3 is 0 Å². The molecule has 2 N–H and O–H groups in total. The van der Waals surface area contributed by atoms with Crippen molar-refractivity contribution in [3.63, 3.8) is 0 Å². The molecule has 0 saturated heterocycles. The summed E-state index contributed by atoms with van der Waals surface area (Å²) >= 11 is 0. The molecule has 1 heterocycles. The summed E-state index contributed by atoms with van der Waals surface area (Å²) in [6.45, 7) is 2.75. The van der Waals surface area contributed by atoms with Gasteiger partial charge in [0.25, 0.3) is 5.91 Å². The van der Waals surface area contributed by atoms with Gasteiger partial charge in [0.1, 0.15) is 11.6 Å². The maximum Gasteiger partial charge on any atom is 0.256 e. The summed E-state index contributed by atoms with van der Waals surface area (Å²) in [5.74, 6) is 1.23. The number of anilines is 2. The molecule has 0 atom stereocenters. The van der Waals surface area contributed by atoms with Gasteiger partial charge in [-0.1, -0.05) is 29.8 Å². The lowest BCUT2D eigenvalue weighted by Gasteiger charge is -2.09. The molecular weight excluding hydrogens is 338 g/mol. The molecule has 0 aliphatic rings. The number of hydrogen-bond acceptors (Lipinski definition) is 4. The molecule has 0 bridgehead atoms. The van der Waals surface area contributed by atoms with Crippen molar-refractivity contribution < 1.29 is 9.53 Å². The van der Waals surface area contributed by atoms with Crippen molar-refractivity contribution in [2.24, 2.45) is 0 Å². The second-order valence-electron chi connectivity index (χ2n) is 6.28. The normalized spacial score (nSPS) is 10.3. The predicted molar refractivity (Wildman–Crippen MR) is 109 cm³/mol. The Kier molecular flexibility index (Phi) is 6.05. The molecule has 1 aromatic heterocycles. The van der Waals surface area contributed by atoms with Crippen LogP contribution in [0.4, 0.5) is 11.5 Å². The first-order chi connectivity index (χ1) is 13.1. The number of ether oxygens (including phenoxy) is 1. The Morgan fingerprint density at radius 2 is 1.89 bits per heavy atom. The van der Waals surface area contributed by atoms with E-state index < -0.39 is 0 Å². The lowest BCUT2D eigenvalue weighted by atomic mass is 10.1. The third-order valence-electron chi connectivity index (χ3n) is 4.19. The zero-order chi connectivity index (χ0) is 19.1. The van der Waals surface area contributed by atoms with Crippen LogP contribution in [-0.4, -0.2) is 24.5 Å². The van der Waals surface area contributed by atoms with E-state index in [9.17, 15) is 4.79 Å². The van der Waals surface area contributed by atoms with Crippen molar-refractivity contribution in [2.75, 3.05) is 24.3 Å². The summed E-state index contributed by atoms with van der Waals surface area (Å²) < 4.78 is 5.16. The number of benzene rings is 2. The van der Waals surface area contributed by atoms with E-state index in [2.05, 4.69) is 27.8 Å². The Bertz CT molecular complexity index is 890. The smallest absolute Gasteiger partial charge is 0.256 e. The minimum atomic E-state index is -0.161. The van der Waals surface area contributed by atoms with Crippen LogP contribution in [0.15, 0.2) is 66.9 Å². The number of pyridine rings is 1. The number of amides is 1. The van der Waals surface area contributed by atoms with Crippen molar-refractivity contribution in [1.29, 1.82) is 0 Å². The maximum atomic E-state index is 12.3. The largest absolute Gasteiger partial charge is 0.497 e. The zero-order valence-electron chi connectivity index (χ0n) is 15.5. The van der Waals surface area contributed by atoms with Gasteiger partial charge in [0, 0.05) is 12.1 Å². The summed E-state index contributed by atoms with van der Waals surface area (Å²) in [5.41, 5.74) is 3.82. The lowest BCUT2D eigenvalue weighted by Crippen LogP contribution is -2.13. The summed E-state index contributed by atoms with van der Waals surface area (Å²) in [4.78, 5) is 16.6. The molecule has 27 heavy (non-hydrogen) atoms. The molecule has 0 aliphatic carbocycles. The van der Waals surface area contributed by atoms with Crippen LogP contribution in [-0.2, 0) is 6.42 Å². The Hall–Kier alpha value is -3.34. The van der Waals surface area contributed by atoms with Gasteiger partial charge in [-0.3, -0.25) is 4.79 Å². The summed E-state index contributed by atoms with van der Waals surface area (Å²) in [7, 11) is 1.66. The molecule has 0 aliphatic heterocycles. The highest BCUT2D eigenvalue weighted by Crippen LogP contribution is 2.14. The van der Waals surface area contributed by atoms with Crippen LogP contribution in [0.25, 0.3) is 0 Å². The molecule has 0 spiro atoms. The summed E-state index contributed by atoms with van der Waals surface area (Å²) in [5, 5.41) is 6.15. The third kappa shape index (κ3) is 5.31. The van der Waals surface area contributed by atoms with Crippen molar-refractivity contribution in [3.05, 3.63) is 83.6 Å². The zero-order valence-corrected chi connectivity index (χ0v) is 15.5. The topological polar surface area (TPSA) is 63.2 Å². The highest BCUT2D eigenvalue weighted by molar-refractivity contribution is 6.03. The van der Waals surface area contributed by atoms with E-state index in [-0.39, 0.29) is 5.91 Å². The molecule has 0 radical (unpaired) electrons. The number of nitrogens with one attached hydrogen (secondary N) is 2. The van der Waals surface area contributed by atoms with E-state index in [0.717, 1.165) is 30.0 Å². The number of carbonyl (C=O) groups is 1. The Morgan fingerprint density at radius 1 is 1.07 bits per heavy atom. The molecule has 2 aromatic carbocycles. The number of hydrogen-bond donors (Lipinski definition) is 2. The minimum Gasteiger partial charge on any atom is -0.497 e. The van der Waals surface area contributed by atoms with E-state index in [0.29, 0.717) is 11.4 Å². The van der Waals surface area contributed by atoms with Crippen molar-refractivity contribution in [1.82, 2.24) is 4.98 Å². The van der Waals surface area contributed by atoms with Crippen LogP contribution in [0.2, 0.25) is 0 Å². The molecule has 138 valence electrons. The quantitative estimate of drug-likeness (QED) is 0.658. The number of aromatic nitrogens is 1. The molecule has 5 nitrogen and oxygen atoms in total. The fourth-order valence-electron chi connectivity index (χ4n) is 2.69. The number of methoxy groups -OCH3 is 1. The average molecular weight is 361 g/mol. The van der Waals surface area contributed by atoms with Crippen LogP contribution in [0, 0.1) is 6.92 Å². The van der Waals surface area contributed by atoms with Gasteiger partial charge in [-0.05, 0) is 55.3 Å². The second-order valence-corrected chi connectivity index (χ2v) is 6.28. The van der Waals surface area contributed by atoms with Crippen LogP contribution >= 0.6 is 0 Å². The number of nitrogens with zero attached hydrogens (tertiary/aromatic N) is 1. The average Bonchev–Trinajstić information content (AvgIpc) is 2.70. The maximum absolute atomic E-state index is 12.3. The molecule has 5 heteroatoms. The van der Waals surface area contributed by atoms with Crippen LogP contribution < -0.4 is 15.4 Å². The van der Waals surface area contributed by atoms with E-state index >= 15 is 0 Å². The lowest BCUT2D eigenvalue weighted by molar-refractivity contribution is 0.102. The van der Waals surface area contributed by atoms with E-state index in [1.54, 1.807) is 25.4 Å². The van der Waals surface area contributed by atoms with Crippen molar-refractivity contribution >= 4 is 17.4 Å². The molecule has 0 fully saturated rings. The van der Waals surface area contributed by atoms with Gasteiger partial charge in [-0.2, -0.15) is 0 Å². The van der Waals surface area contributed by atoms with E-state index in [1.807, 2.05) is 43.3 Å². The third-order valence-corrected chi connectivity index (χ3v) is 4.19. The fourth-order valence-corrected chi connectivity index (χ4v) is 2.69. The highest BCUT2D eigenvalue weighted by atomic mass is 16.5. The highest BCUT2D eigenvalue weighted by Gasteiger charge is 2.06. The number of rotatable bonds is 7.